The van der Waals surface area contributed by atoms with Gasteiger partial charge in [-0.15, -0.1) is 0 Å². The number of hydrogen-bond donors (Lipinski definition) is 0. The summed E-state index contributed by atoms with van der Waals surface area (Å²) >= 11 is 0. The van der Waals surface area contributed by atoms with Crippen LogP contribution in [0, 0.1) is 0 Å². The maximum atomic E-state index is 7.00. The molecule has 6 nitrogen and oxygen atoms in total. The topological polar surface area (TPSA) is 61.7 Å². The van der Waals surface area contributed by atoms with Crippen LogP contribution in [0.3, 0.4) is 0 Å². The van der Waals surface area contributed by atoms with Crippen molar-refractivity contribution in [2.24, 2.45) is 0 Å². The van der Waals surface area contributed by atoms with Crippen LogP contribution in [0.4, 0.5) is 0 Å². The molecule has 4 heterocycles. The number of hydrogen-bond acceptors (Lipinski definition) is 4. The minimum Gasteiger partial charge on any atom is -0.455 e. The van der Waals surface area contributed by atoms with E-state index < -0.39 is 0 Å². The average molecular weight is 830 g/mol. The molecule has 0 radical (unpaired) electrons. The molecule has 10 aromatic carbocycles. The van der Waals surface area contributed by atoms with Gasteiger partial charge in [-0.1, -0.05) is 152 Å². The van der Waals surface area contributed by atoms with Crippen LogP contribution in [0.1, 0.15) is 0 Å². The molecular weight excluding hydrogens is 795 g/mol. The summed E-state index contributed by atoms with van der Waals surface area (Å²) in [6.45, 7) is 0. The highest BCUT2D eigenvalue weighted by atomic mass is 16.3. The van der Waals surface area contributed by atoms with Crippen molar-refractivity contribution in [3.63, 3.8) is 0 Å². The van der Waals surface area contributed by atoms with E-state index in [0.717, 1.165) is 99.0 Å². The van der Waals surface area contributed by atoms with Gasteiger partial charge in [0.15, 0.2) is 17.5 Å². The molecule has 0 aliphatic rings. The zero-order valence-corrected chi connectivity index (χ0v) is 34.9. The summed E-state index contributed by atoms with van der Waals surface area (Å²) in [5, 5.41) is 11.1. The van der Waals surface area contributed by atoms with Crippen molar-refractivity contribution in [1.29, 1.82) is 0 Å². The predicted molar refractivity (Wildman–Crippen MR) is 267 cm³/mol. The highest BCUT2D eigenvalue weighted by molar-refractivity contribution is 6.17. The van der Waals surface area contributed by atoms with E-state index in [0.29, 0.717) is 17.5 Å². The van der Waals surface area contributed by atoms with E-state index in [1.807, 2.05) is 12.1 Å². The third-order valence-corrected chi connectivity index (χ3v) is 13.1. The van der Waals surface area contributed by atoms with Crippen LogP contribution in [0.2, 0.25) is 0 Å². The number of furan rings is 1. The molecule has 0 unspecified atom stereocenters. The molecule has 0 saturated heterocycles. The minimum absolute atomic E-state index is 0.521. The average Bonchev–Trinajstić information content (AvgIpc) is 4.03. The molecule has 0 amide bonds. The maximum absolute atomic E-state index is 7.00. The lowest BCUT2D eigenvalue weighted by Crippen LogP contribution is -2.04. The van der Waals surface area contributed by atoms with Crippen LogP contribution in [-0.2, 0) is 0 Å². The van der Waals surface area contributed by atoms with Crippen molar-refractivity contribution < 1.29 is 4.42 Å². The van der Waals surface area contributed by atoms with Crippen LogP contribution in [0.5, 0.6) is 0 Å². The Morgan fingerprint density at radius 1 is 0.338 bits per heavy atom. The molecule has 0 aliphatic heterocycles. The van der Waals surface area contributed by atoms with E-state index in [1.54, 1.807) is 0 Å². The van der Waals surface area contributed by atoms with E-state index in [9.17, 15) is 0 Å². The summed E-state index contributed by atoms with van der Waals surface area (Å²) < 4.78 is 11.7. The molecule has 14 rings (SSSR count). The van der Waals surface area contributed by atoms with Crippen molar-refractivity contribution in [1.82, 2.24) is 24.1 Å². The summed E-state index contributed by atoms with van der Waals surface area (Å²) in [4.78, 5) is 16.6. The van der Waals surface area contributed by atoms with Gasteiger partial charge in [0.2, 0.25) is 0 Å². The van der Waals surface area contributed by atoms with Crippen LogP contribution in [0.15, 0.2) is 217 Å². The highest BCUT2D eigenvalue weighted by Gasteiger charge is 2.26. The van der Waals surface area contributed by atoms with Gasteiger partial charge in [-0.3, -0.25) is 0 Å². The van der Waals surface area contributed by atoms with Crippen molar-refractivity contribution in [2.75, 3.05) is 0 Å². The number of fused-ring (bicyclic) bond motifs is 11. The summed E-state index contributed by atoms with van der Waals surface area (Å²) in [5.74, 6) is 1.68. The van der Waals surface area contributed by atoms with Gasteiger partial charge >= 0.3 is 0 Å². The first-order valence-corrected chi connectivity index (χ1v) is 21.9. The molecular formula is C59H35N5O. The molecule has 0 aliphatic carbocycles. The smallest absolute Gasteiger partial charge is 0.170 e. The second-order valence-corrected chi connectivity index (χ2v) is 16.7. The first-order valence-electron chi connectivity index (χ1n) is 21.9. The van der Waals surface area contributed by atoms with Crippen LogP contribution >= 0.6 is 0 Å². The van der Waals surface area contributed by atoms with E-state index >= 15 is 0 Å². The Labute approximate surface area is 371 Å². The quantitative estimate of drug-likeness (QED) is 0.173. The van der Waals surface area contributed by atoms with Crippen LogP contribution in [-0.4, -0.2) is 24.1 Å². The third-order valence-electron chi connectivity index (χ3n) is 13.1. The Hall–Kier alpha value is -8.87. The summed E-state index contributed by atoms with van der Waals surface area (Å²) in [5.41, 5.74) is 10.5. The van der Waals surface area contributed by atoms with Gasteiger partial charge in [0.25, 0.3) is 0 Å². The zero-order valence-electron chi connectivity index (χ0n) is 34.9. The number of nitrogens with zero attached hydrogens (tertiary/aromatic N) is 5. The monoisotopic (exact) mass is 829 g/mol. The Bertz CT molecular complexity index is 4250. The fourth-order valence-electron chi connectivity index (χ4n) is 10.3. The lowest BCUT2D eigenvalue weighted by molar-refractivity contribution is 0.669. The summed E-state index contributed by atoms with van der Waals surface area (Å²) in [6, 6.07) is 74.9. The Balaban J connectivity index is 1.14. The van der Waals surface area contributed by atoms with Crippen molar-refractivity contribution >= 4 is 87.1 Å². The lowest BCUT2D eigenvalue weighted by Gasteiger charge is -2.16. The van der Waals surface area contributed by atoms with Gasteiger partial charge in [-0.2, -0.15) is 0 Å². The Morgan fingerprint density at radius 3 is 1.75 bits per heavy atom. The van der Waals surface area contributed by atoms with Gasteiger partial charge in [-0.25, -0.2) is 15.0 Å². The number of benzene rings is 10. The second kappa shape index (κ2) is 13.8. The van der Waals surface area contributed by atoms with Gasteiger partial charge in [0.05, 0.1) is 33.3 Å². The molecule has 0 fully saturated rings. The molecule has 0 saturated carbocycles. The predicted octanol–water partition coefficient (Wildman–Crippen LogP) is 15.3. The Morgan fingerprint density at radius 2 is 0.923 bits per heavy atom. The first kappa shape index (κ1) is 35.7. The first-order chi connectivity index (χ1) is 32.2. The normalized spacial score (nSPS) is 12.0. The van der Waals surface area contributed by atoms with E-state index in [-0.39, 0.29) is 0 Å². The van der Waals surface area contributed by atoms with E-state index in [4.69, 9.17) is 19.4 Å². The molecule has 0 spiro atoms. The molecule has 0 N–H and O–H groups in total. The van der Waals surface area contributed by atoms with Crippen molar-refractivity contribution in [3.05, 3.63) is 212 Å². The summed E-state index contributed by atoms with van der Waals surface area (Å²) in [6.07, 6.45) is 0. The standard InChI is InChI=1S/C59H35N5O/c1-2-20-39(21-3-1)63-49-29-12-9-25-45(49)54-46(27-15-30-50(54)63)58-60-57(44-26-14-19-36-16-6-7-22-40(36)44)61-59(62-58)55-51(33-32-43-42-24-10-13-31-53(42)65-56(43)55)64-48-28-11-8-23-41(48)47-34-37-17-4-5-18-38(37)35-52(47)64/h1-35H. The Kier molecular flexibility index (Phi) is 7.59. The van der Waals surface area contributed by atoms with Gasteiger partial charge in [0.1, 0.15) is 11.2 Å². The van der Waals surface area contributed by atoms with E-state index in [1.165, 1.54) is 16.2 Å². The number of para-hydroxylation sites is 4. The minimum atomic E-state index is 0.521. The SMILES string of the molecule is c1ccc(-n2c3ccccc3c3c(-c4nc(-c5cccc6ccccc56)nc(-c5c(-n6c7ccccc7c7cc8ccccc8cc76)ccc6c5oc5ccccc56)n4)cccc32)cc1. The molecule has 302 valence electrons. The lowest BCUT2D eigenvalue weighted by atomic mass is 10.0. The molecule has 6 heteroatoms. The fraction of sp³-hybridized carbons (Fsp3) is 0. The largest absolute Gasteiger partial charge is 0.455 e. The molecule has 14 aromatic rings. The van der Waals surface area contributed by atoms with Gasteiger partial charge in [0, 0.05) is 49.1 Å². The van der Waals surface area contributed by atoms with Crippen LogP contribution in [0.25, 0.3) is 133 Å². The molecule has 65 heavy (non-hydrogen) atoms. The molecule has 0 bridgehead atoms. The van der Waals surface area contributed by atoms with Crippen LogP contribution < -0.4 is 0 Å². The number of rotatable bonds is 5. The van der Waals surface area contributed by atoms with Gasteiger partial charge in [-0.05, 0) is 82.2 Å². The molecule has 4 aromatic heterocycles. The van der Waals surface area contributed by atoms with Gasteiger partial charge < -0.3 is 13.6 Å². The van der Waals surface area contributed by atoms with E-state index in [2.05, 4.69) is 209 Å². The highest BCUT2D eigenvalue weighted by Crippen LogP contribution is 2.44. The molecule has 0 atom stereocenters. The fourth-order valence-corrected chi connectivity index (χ4v) is 10.3. The third kappa shape index (κ3) is 5.31. The second-order valence-electron chi connectivity index (χ2n) is 16.7. The number of aromatic nitrogens is 5. The van der Waals surface area contributed by atoms with Crippen molar-refractivity contribution in [3.8, 4) is 45.5 Å². The van der Waals surface area contributed by atoms with Crippen molar-refractivity contribution in [2.45, 2.75) is 0 Å². The summed E-state index contributed by atoms with van der Waals surface area (Å²) in [7, 11) is 0. The maximum Gasteiger partial charge on any atom is 0.170 e. The zero-order chi connectivity index (χ0) is 42.6.